The van der Waals surface area contributed by atoms with Crippen molar-refractivity contribution in [3.05, 3.63) is 0 Å². The molecule has 0 atom stereocenters. The van der Waals surface area contributed by atoms with Gasteiger partial charge in [0.2, 0.25) is 5.96 Å². The maximum Gasteiger partial charge on any atom is 0.207 e. The van der Waals surface area contributed by atoms with Crippen LogP contribution in [0.3, 0.4) is 0 Å². The lowest BCUT2D eigenvalue weighted by Gasteiger charge is -2.00. The summed E-state index contributed by atoms with van der Waals surface area (Å²) in [7, 11) is -2.89. The standard InChI is InChI=1S/C5H12N3O2S/c1-11(9,10)4-2-3-8-5(6)7/h6H,2-4H2,1H3,(H2,7,8). The van der Waals surface area contributed by atoms with Gasteiger partial charge in [0.15, 0.2) is 0 Å². The summed E-state index contributed by atoms with van der Waals surface area (Å²) >= 11 is 0. The van der Waals surface area contributed by atoms with Gasteiger partial charge >= 0.3 is 0 Å². The number of guanidine groups is 1. The number of sulfone groups is 1. The van der Waals surface area contributed by atoms with Crippen LogP contribution in [0.4, 0.5) is 0 Å². The van der Waals surface area contributed by atoms with Crippen LogP contribution in [0.5, 0.6) is 0 Å². The molecule has 0 aliphatic rings. The Balaban J connectivity index is 3.37. The Morgan fingerprint density at radius 1 is 1.55 bits per heavy atom. The lowest BCUT2D eigenvalue weighted by atomic mass is 10.5. The van der Waals surface area contributed by atoms with Gasteiger partial charge in [0.25, 0.3) is 0 Å². The van der Waals surface area contributed by atoms with Crippen LogP contribution in [-0.4, -0.2) is 32.9 Å². The lowest BCUT2D eigenvalue weighted by molar-refractivity contribution is 0.598. The minimum absolute atomic E-state index is 0.104. The zero-order valence-corrected chi connectivity index (χ0v) is 7.16. The zero-order valence-electron chi connectivity index (χ0n) is 6.35. The van der Waals surface area contributed by atoms with E-state index in [0.717, 1.165) is 0 Å². The summed E-state index contributed by atoms with van der Waals surface area (Å²) in [5.74, 6) is -0.272. The Bertz CT molecular complexity index is 222. The molecule has 0 saturated heterocycles. The summed E-state index contributed by atoms with van der Waals surface area (Å²) in [5, 5.41) is 9.04. The molecule has 0 aromatic rings. The second kappa shape index (κ2) is 4.17. The van der Waals surface area contributed by atoms with Crippen LogP contribution in [0, 0.1) is 5.41 Å². The van der Waals surface area contributed by atoms with Crippen molar-refractivity contribution < 1.29 is 8.42 Å². The van der Waals surface area contributed by atoms with E-state index in [-0.39, 0.29) is 11.7 Å². The van der Waals surface area contributed by atoms with Crippen LogP contribution in [0.2, 0.25) is 0 Å². The summed E-state index contributed by atoms with van der Waals surface area (Å²) in [5.41, 5.74) is 6.63. The van der Waals surface area contributed by atoms with Gasteiger partial charge in [-0.2, -0.15) is 0 Å². The van der Waals surface area contributed by atoms with Crippen LogP contribution in [0.1, 0.15) is 6.42 Å². The van der Waals surface area contributed by atoms with Gasteiger partial charge in [0.1, 0.15) is 9.84 Å². The van der Waals surface area contributed by atoms with Crippen molar-refractivity contribution in [1.29, 1.82) is 5.41 Å². The molecule has 0 saturated carbocycles. The van der Waals surface area contributed by atoms with Gasteiger partial charge in [0.05, 0.1) is 5.75 Å². The Labute approximate surface area is 66.4 Å². The highest BCUT2D eigenvalue weighted by Crippen LogP contribution is 1.86. The van der Waals surface area contributed by atoms with Gasteiger partial charge in [-0.1, -0.05) is 0 Å². The third-order valence-electron chi connectivity index (χ3n) is 0.994. The highest BCUT2D eigenvalue weighted by Gasteiger charge is 2.00. The number of hydrogen-bond acceptors (Lipinski definition) is 3. The fourth-order valence-electron chi connectivity index (χ4n) is 0.548. The van der Waals surface area contributed by atoms with Gasteiger partial charge in [-0.15, -0.1) is 0 Å². The fourth-order valence-corrected chi connectivity index (χ4v) is 1.22. The molecule has 6 heteroatoms. The van der Waals surface area contributed by atoms with E-state index in [4.69, 9.17) is 11.1 Å². The van der Waals surface area contributed by atoms with Crippen LogP contribution in [0.25, 0.3) is 0 Å². The summed E-state index contributed by atoms with van der Waals surface area (Å²) in [4.78, 5) is 0. The van der Waals surface area contributed by atoms with Gasteiger partial charge in [-0.25, -0.2) is 8.42 Å². The first-order valence-corrected chi connectivity index (χ1v) is 5.19. The first kappa shape index (κ1) is 10.2. The van der Waals surface area contributed by atoms with E-state index >= 15 is 0 Å². The first-order chi connectivity index (χ1) is 4.92. The van der Waals surface area contributed by atoms with Crippen LogP contribution < -0.4 is 11.1 Å². The van der Waals surface area contributed by atoms with Crippen LogP contribution >= 0.6 is 0 Å². The summed E-state index contributed by atoms with van der Waals surface area (Å²) in [6, 6.07) is 0. The lowest BCUT2D eigenvalue weighted by Crippen LogP contribution is -2.25. The van der Waals surface area contributed by atoms with Crippen molar-refractivity contribution in [2.45, 2.75) is 6.42 Å². The third kappa shape index (κ3) is 9.22. The van der Waals surface area contributed by atoms with Crippen molar-refractivity contribution in [2.24, 2.45) is 0 Å². The predicted molar refractivity (Wildman–Crippen MR) is 43.2 cm³/mol. The van der Waals surface area contributed by atoms with Crippen molar-refractivity contribution >= 4 is 15.8 Å². The first-order valence-electron chi connectivity index (χ1n) is 3.13. The maximum absolute atomic E-state index is 10.5. The molecule has 1 radical (unpaired) electrons. The molecule has 0 fully saturated rings. The van der Waals surface area contributed by atoms with E-state index in [9.17, 15) is 8.42 Å². The quantitative estimate of drug-likeness (QED) is 0.336. The van der Waals surface area contributed by atoms with Gasteiger partial charge in [-0.05, 0) is 6.42 Å². The topological polar surface area (TPSA) is 93.8 Å². The maximum atomic E-state index is 10.5. The van der Waals surface area contributed by atoms with E-state index < -0.39 is 9.84 Å². The average molecular weight is 178 g/mol. The Hall–Kier alpha value is -0.780. The second-order valence-electron chi connectivity index (χ2n) is 2.29. The molecular weight excluding hydrogens is 166 g/mol. The van der Waals surface area contributed by atoms with Crippen molar-refractivity contribution in [3.8, 4) is 0 Å². The summed E-state index contributed by atoms with van der Waals surface area (Å²) < 4.78 is 21.1. The van der Waals surface area contributed by atoms with E-state index in [1.165, 1.54) is 6.26 Å². The molecule has 0 spiro atoms. The summed E-state index contributed by atoms with van der Waals surface area (Å²) in [6.07, 6.45) is 1.61. The summed E-state index contributed by atoms with van der Waals surface area (Å²) in [6.45, 7) is 0.370. The molecule has 0 aromatic carbocycles. The van der Waals surface area contributed by atoms with Gasteiger partial charge in [-0.3, -0.25) is 11.1 Å². The monoisotopic (exact) mass is 178 g/mol. The minimum atomic E-state index is -2.89. The molecule has 0 heterocycles. The SMILES string of the molecule is CS(=O)(=O)CCCNC([NH])=N. The van der Waals surface area contributed by atoms with E-state index in [1.54, 1.807) is 0 Å². The van der Waals surface area contributed by atoms with Crippen molar-refractivity contribution in [1.82, 2.24) is 11.1 Å². The predicted octanol–water partition coefficient (Wildman–Crippen LogP) is -0.772. The molecule has 0 amide bonds. The molecule has 3 N–H and O–H groups in total. The fraction of sp³-hybridized carbons (Fsp3) is 0.800. The van der Waals surface area contributed by atoms with Crippen molar-refractivity contribution in [2.75, 3.05) is 18.6 Å². The largest absolute Gasteiger partial charge is 0.355 e. The van der Waals surface area contributed by atoms with E-state index in [1.807, 2.05) is 0 Å². The van der Waals surface area contributed by atoms with E-state index in [2.05, 4.69) is 5.32 Å². The molecule has 11 heavy (non-hydrogen) atoms. The molecule has 65 valence electrons. The molecular formula is C5H12N3O2S. The highest BCUT2D eigenvalue weighted by atomic mass is 32.2. The van der Waals surface area contributed by atoms with Gasteiger partial charge < -0.3 is 5.32 Å². The zero-order chi connectivity index (χ0) is 8.91. The molecule has 0 rings (SSSR count). The molecule has 0 aromatic heterocycles. The van der Waals surface area contributed by atoms with Crippen LogP contribution in [-0.2, 0) is 9.84 Å². The normalized spacial score (nSPS) is 11.0. The molecule has 0 aliphatic carbocycles. The number of hydrogen-bond donors (Lipinski definition) is 2. The Morgan fingerprint density at radius 2 is 2.09 bits per heavy atom. The van der Waals surface area contributed by atoms with Crippen molar-refractivity contribution in [3.63, 3.8) is 0 Å². The second-order valence-corrected chi connectivity index (χ2v) is 4.54. The number of rotatable bonds is 4. The van der Waals surface area contributed by atoms with E-state index in [0.29, 0.717) is 13.0 Å². The minimum Gasteiger partial charge on any atom is -0.355 e. The van der Waals surface area contributed by atoms with Gasteiger partial charge in [0, 0.05) is 12.8 Å². The molecule has 0 unspecified atom stereocenters. The van der Waals surface area contributed by atoms with Crippen LogP contribution in [0.15, 0.2) is 0 Å². The smallest absolute Gasteiger partial charge is 0.207 e. The Morgan fingerprint density at radius 3 is 2.45 bits per heavy atom. The highest BCUT2D eigenvalue weighted by molar-refractivity contribution is 7.90. The molecule has 0 aliphatic heterocycles. The molecule has 0 bridgehead atoms. The Kier molecular flexibility index (Phi) is 3.88. The third-order valence-corrected chi connectivity index (χ3v) is 2.02. The number of nitrogens with one attached hydrogen (secondary N) is 3. The molecule has 5 nitrogen and oxygen atoms in total. The average Bonchev–Trinajstić information content (AvgIpc) is 1.78.